The average Bonchev–Trinajstić information content (AvgIpc) is 2.78. The molecule has 0 radical (unpaired) electrons. The van der Waals surface area contributed by atoms with Crippen LogP contribution in [0.3, 0.4) is 0 Å². The highest BCUT2D eigenvalue weighted by atomic mass is 35.5. The Morgan fingerprint density at radius 3 is 2.43 bits per heavy atom. The Bertz CT molecular complexity index is 1020. The fourth-order valence-corrected chi connectivity index (χ4v) is 4.47. The summed E-state index contributed by atoms with van der Waals surface area (Å²) in [6, 6.07) is 13.9. The van der Waals surface area contributed by atoms with Crippen LogP contribution in [-0.4, -0.2) is 50.6 Å². The molecule has 2 aliphatic heterocycles. The van der Waals surface area contributed by atoms with E-state index in [-0.39, 0.29) is 36.9 Å². The molecule has 2 heterocycles. The number of carbonyl (C=O) groups is 2. The molecule has 2 aromatic carbocycles. The predicted molar refractivity (Wildman–Crippen MR) is 130 cm³/mol. The Kier molecular flexibility index (Phi) is 8.65. The zero-order chi connectivity index (χ0) is 24.8. The maximum atomic E-state index is 11.6. The van der Waals surface area contributed by atoms with Gasteiger partial charge in [-0.15, -0.1) is 0 Å². The minimum atomic E-state index is -0.373. The Morgan fingerprint density at radius 1 is 1.00 bits per heavy atom. The highest BCUT2D eigenvalue weighted by Crippen LogP contribution is 2.35. The second-order valence-corrected chi connectivity index (χ2v) is 9.55. The summed E-state index contributed by atoms with van der Waals surface area (Å²) in [7, 11) is 0. The molecule has 188 valence electrons. The van der Waals surface area contributed by atoms with E-state index in [9.17, 15) is 9.59 Å². The molecule has 3 atom stereocenters. The van der Waals surface area contributed by atoms with Gasteiger partial charge in [-0.05, 0) is 41.3 Å². The van der Waals surface area contributed by atoms with E-state index in [1.54, 1.807) is 0 Å². The summed E-state index contributed by atoms with van der Waals surface area (Å²) in [6.45, 7) is 5.07. The number of benzene rings is 2. The molecule has 2 aliphatic rings. The summed E-state index contributed by atoms with van der Waals surface area (Å²) in [5.41, 5.74) is 3.02. The average molecular weight is 503 g/mol. The normalized spacial score (nSPS) is 22.2. The van der Waals surface area contributed by atoms with Gasteiger partial charge < -0.3 is 23.7 Å². The molecular weight excluding hydrogens is 472 g/mol. The first-order chi connectivity index (χ1) is 16.9. The van der Waals surface area contributed by atoms with E-state index in [0.717, 1.165) is 35.7 Å². The fourth-order valence-electron chi connectivity index (χ4n) is 4.28. The Balaban J connectivity index is 1.43. The number of rotatable bonds is 9. The number of hydrogen-bond acceptors (Lipinski definition) is 7. The molecular formula is C27H31ClO7. The molecule has 7 nitrogen and oxygen atoms in total. The maximum absolute atomic E-state index is 11.6. The molecule has 0 spiro atoms. The van der Waals surface area contributed by atoms with Gasteiger partial charge in [-0.1, -0.05) is 35.9 Å². The van der Waals surface area contributed by atoms with Crippen LogP contribution in [0.25, 0.3) is 0 Å². The number of halogens is 1. The van der Waals surface area contributed by atoms with Gasteiger partial charge in [0, 0.05) is 37.6 Å². The largest absolute Gasteiger partial charge is 0.493 e. The van der Waals surface area contributed by atoms with Crippen molar-refractivity contribution in [1.82, 2.24) is 0 Å². The summed E-state index contributed by atoms with van der Waals surface area (Å²) >= 11 is 6.53. The first kappa shape index (κ1) is 25.5. The molecule has 0 saturated carbocycles. The number of esters is 2. The topological polar surface area (TPSA) is 80.3 Å². The zero-order valence-corrected chi connectivity index (χ0v) is 20.8. The molecule has 0 aromatic heterocycles. The lowest BCUT2D eigenvalue weighted by atomic mass is 9.94. The number of ether oxygens (including phenoxy) is 5. The van der Waals surface area contributed by atoms with Crippen molar-refractivity contribution in [3.63, 3.8) is 0 Å². The van der Waals surface area contributed by atoms with Gasteiger partial charge in [-0.25, -0.2) is 0 Å². The maximum Gasteiger partial charge on any atom is 0.302 e. The van der Waals surface area contributed by atoms with Gasteiger partial charge >= 0.3 is 11.9 Å². The third kappa shape index (κ3) is 7.43. The first-order valence-electron chi connectivity index (χ1n) is 11.9. The van der Waals surface area contributed by atoms with E-state index < -0.39 is 0 Å². The van der Waals surface area contributed by atoms with E-state index in [0.29, 0.717) is 36.8 Å². The molecule has 0 N–H and O–H groups in total. The SMILES string of the molecule is CC(=O)OCC1CC(OC(C)=O)CC(c2ccc(Cl)c(Cc3ccc(OCC4COC4)cc3)c2)O1. The van der Waals surface area contributed by atoms with Crippen LogP contribution < -0.4 is 4.74 Å². The van der Waals surface area contributed by atoms with Crippen LogP contribution in [0.15, 0.2) is 42.5 Å². The van der Waals surface area contributed by atoms with E-state index in [1.807, 2.05) is 42.5 Å². The molecule has 8 heteroatoms. The highest BCUT2D eigenvalue weighted by molar-refractivity contribution is 6.31. The molecule has 35 heavy (non-hydrogen) atoms. The van der Waals surface area contributed by atoms with Crippen molar-refractivity contribution in [2.75, 3.05) is 26.4 Å². The van der Waals surface area contributed by atoms with Crippen molar-refractivity contribution in [1.29, 1.82) is 0 Å². The van der Waals surface area contributed by atoms with Gasteiger partial charge in [0.25, 0.3) is 0 Å². The highest BCUT2D eigenvalue weighted by Gasteiger charge is 2.33. The minimum Gasteiger partial charge on any atom is -0.493 e. The molecule has 0 aliphatic carbocycles. The monoisotopic (exact) mass is 502 g/mol. The second kappa shape index (κ2) is 11.9. The summed E-state index contributed by atoms with van der Waals surface area (Å²) in [5, 5.41) is 0.669. The third-order valence-electron chi connectivity index (χ3n) is 6.12. The summed E-state index contributed by atoms with van der Waals surface area (Å²) < 4.78 is 27.9. The van der Waals surface area contributed by atoms with Gasteiger partial charge in [0.15, 0.2) is 0 Å². The van der Waals surface area contributed by atoms with Crippen molar-refractivity contribution in [2.45, 2.75) is 51.4 Å². The zero-order valence-electron chi connectivity index (χ0n) is 20.0. The van der Waals surface area contributed by atoms with Crippen molar-refractivity contribution >= 4 is 23.5 Å². The fraction of sp³-hybridized carbons (Fsp3) is 0.481. The lowest BCUT2D eigenvalue weighted by Gasteiger charge is -2.35. The van der Waals surface area contributed by atoms with E-state index in [4.69, 9.17) is 35.3 Å². The van der Waals surface area contributed by atoms with Crippen LogP contribution in [0.4, 0.5) is 0 Å². The van der Waals surface area contributed by atoms with Gasteiger partial charge in [-0.2, -0.15) is 0 Å². The van der Waals surface area contributed by atoms with Crippen LogP contribution in [-0.2, 0) is 35.0 Å². The van der Waals surface area contributed by atoms with E-state index in [1.165, 1.54) is 13.8 Å². The number of hydrogen-bond donors (Lipinski definition) is 0. The Labute approximate surface area is 210 Å². The lowest BCUT2D eigenvalue weighted by Crippen LogP contribution is -2.36. The summed E-state index contributed by atoms with van der Waals surface area (Å²) in [4.78, 5) is 22.8. The van der Waals surface area contributed by atoms with Crippen molar-refractivity contribution < 1.29 is 33.3 Å². The molecule has 0 amide bonds. The molecule has 3 unspecified atom stereocenters. The molecule has 2 saturated heterocycles. The quantitative estimate of drug-likeness (QED) is 0.461. The van der Waals surface area contributed by atoms with Crippen LogP contribution in [0.1, 0.15) is 49.5 Å². The van der Waals surface area contributed by atoms with Crippen molar-refractivity contribution in [3.8, 4) is 5.75 Å². The van der Waals surface area contributed by atoms with Gasteiger partial charge in [0.2, 0.25) is 0 Å². The van der Waals surface area contributed by atoms with E-state index >= 15 is 0 Å². The van der Waals surface area contributed by atoms with Crippen molar-refractivity contribution in [3.05, 3.63) is 64.2 Å². The third-order valence-corrected chi connectivity index (χ3v) is 6.49. The predicted octanol–water partition coefficient (Wildman–Crippen LogP) is 4.67. The molecule has 0 bridgehead atoms. The standard InChI is InChI=1S/C27H31ClO7/c1-17(29)32-16-25-11-24(34-18(2)30)12-27(35-25)21-5-8-26(28)22(10-21)9-19-3-6-23(7-4-19)33-15-20-13-31-14-20/h3-8,10,20,24-25,27H,9,11-16H2,1-2H3. The molecule has 2 fully saturated rings. The van der Waals surface area contributed by atoms with Gasteiger partial charge in [-0.3, -0.25) is 9.59 Å². The van der Waals surface area contributed by atoms with Crippen LogP contribution in [0.5, 0.6) is 5.75 Å². The molecule has 2 aromatic rings. The first-order valence-corrected chi connectivity index (χ1v) is 12.3. The number of carbonyl (C=O) groups excluding carboxylic acids is 2. The van der Waals surface area contributed by atoms with Crippen LogP contribution in [0, 0.1) is 5.92 Å². The Morgan fingerprint density at radius 2 is 1.77 bits per heavy atom. The smallest absolute Gasteiger partial charge is 0.302 e. The van der Waals surface area contributed by atoms with E-state index in [2.05, 4.69) is 0 Å². The lowest BCUT2D eigenvalue weighted by molar-refractivity contribution is -0.169. The van der Waals surface area contributed by atoms with Crippen LogP contribution >= 0.6 is 11.6 Å². The van der Waals surface area contributed by atoms with Crippen LogP contribution in [0.2, 0.25) is 5.02 Å². The second-order valence-electron chi connectivity index (χ2n) is 9.14. The summed E-state index contributed by atoms with van der Waals surface area (Å²) in [5.74, 6) is 0.605. The Hall–Kier alpha value is -2.61. The summed E-state index contributed by atoms with van der Waals surface area (Å²) in [6.07, 6.45) is 0.669. The minimum absolute atomic E-state index is 0.117. The van der Waals surface area contributed by atoms with Crippen molar-refractivity contribution in [2.24, 2.45) is 5.92 Å². The van der Waals surface area contributed by atoms with Gasteiger partial charge in [0.1, 0.15) is 18.5 Å². The van der Waals surface area contributed by atoms with Gasteiger partial charge in [0.05, 0.1) is 32.0 Å². The molecule has 4 rings (SSSR count).